The van der Waals surface area contributed by atoms with E-state index in [0.717, 1.165) is 12.1 Å². The predicted octanol–water partition coefficient (Wildman–Crippen LogP) is 4.48. The summed E-state index contributed by atoms with van der Waals surface area (Å²) in [7, 11) is 1.14. The second-order valence-corrected chi connectivity index (χ2v) is 9.52. The number of hydrazine groups is 1. The van der Waals surface area contributed by atoms with Crippen LogP contribution in [0.1, 0.15) is 59.4 Å². The number of ether oxygens (including phenoxy) is 1. The molecule has 1 aromatic rings. The van der Waals surface area contributed by atoms with Crippen LogP contribution >= 0.6 is 0 Å². The molecule has 184 valence electrons. The van der Waals surface area contributed by atoms with E-state index in [1.165, 1.54) is 13.8 Å². The highest BCUT2D eigenvalue weighted by Crippen LogP contribution is 2.74. The van der Waals surface area contributed by atoms with Gasteiger partial charge in [-0.25, -0.2) is 0 Å². The van der Waals surface area contributed by atoms with Crippen LogP contribution in [0.2, 0.25) is 0 Å². The summed E-state index contributed by atoms with van der Waals surface area (Å²) in [6.07, 6.45) is -4.14. The number of rotatable bonds is 8. The summed E-state index contributed by atoms with van der Waals surface area (Å²) in [4.78, 5) is 0. The Hall–Kier alpha value is -1.19. The molecular weight excluding hydrogens is 421 g/mol. The molecule has 1 aliphatic rings. The topological polar surface area (TPSA) is 79.0 Å². The SMILES string of the molecule is CCCC1(CC)C(C)N(N)C(O)(OC)C(CO)(Cc2ccccc2)C1(C(C)C)C(F)(F)F. The number of hydrogen-bond donors (Lipinski definition) is 3. The number of aliphatic hydroxyl groups excluding tert-OH is 1. The van der Waals surface area contributed by atoms with Crippen LogP contribution in [-0.2, 0) is 11.2 Å². The molecule has 0 spiro atoms. The first kappa shape index (κ1) is 27.1. The van der Waals surface area contributed by atoms with Crippen LogP contribution in [0.25, 0.3) is 0 Å². The predicted molar refractivity (Wildman–Crippen MR) is 118 cm³/mol. The molecule has 1 fully saturated rings. The Morgan fingerprint density at radius 1 is 1.19 bits per heavy atom. The quantitative estimate of drug-likeness (QED) is 0.394. The number of nitrogens with two attached hydrogens (primary N) is 1. The first-order valence-electron chi connectivity index (χ1n) is 11.4. The molecule has 8 heteroatoms. The van der Waals surface area contributed by atoms with E-state index in [1.54, 1.807) is 44.2 Å². The van der Waals surface area contributed by atoms with Crippen LogP contribution in [0.3, 0.4) is 0 Å². The van der Waals surface area contributed by atoms with Gasteiger partial charge in [0.15, 0.2) is 0 Å². The fraction of sp³-hybridized carbons (Fsp3) is 0.750. The average Bonchev–Trinajstić information content (AvgIpc) is 2.75. The first-order valence-corrected chi connectivity index (χ1v) is 11.4. The van der Waals surface area contributed by atoms with Gasteiger partial charge in [0.2, 0.25) is 5.91 Å². The van der Waals surface area contributed by atoms with Gasteiger partial charge < -0.3 is 14.9 Å². The summed E-state index contributed by atoms with van der Waals surface area (Å²) >= 11 is 0. The fourth-order valence-electron chi connectivity index (χ4n) is 7.23. The van der Waals surface area contributed by atoms with Gasteiger partial charge >= 0.3 is 6.18 Å². The Balaban J connectivity index is 3.13. The van der Waals surface area contributed by atoms with Crippen molar-refractivity contribution in [1.29, 1.82) is 0 Å². The summed E-state index contributed by atoms with van der Waals surface area (Å²) in [6, 6.07) is 7.73. The van der Waals surface area contributed by atoms with Crippen molar-refractivity contribution in [2.24, 2.45) is 28.0 Å². The van der Waals surface area contributed by atoms with Crippen molar-refractivity contribution in [2.45, 2.75) is 78.4 Å². The number of piperidine rings is 1. The molecular formula is C24H39F3N2O3. The molecule has 1 heterocycles. The van der Waals surface area contributed by atoms with E-state index in [4.69, 9.17) is 10.6 Å². The number of methoxy groups -OCH3 is 1. The van der Waals surface area contributed by atoms with Crippen molar-refractivity contribution in [3.8, 4) is 0 Å². The van der Waals surface area contributed by atoms with Crippen molar-refractivity contribution in [1.82, 2.24) is 5.01 Å². The second kappa shape index (κ2) is 9.22. The molecule has 0 saturated carbocycles. The first-order chi connectivity index (χ1) is 14.8. The van der Waals surface area contributed by atoms with Crippen molar-refractivity contribution in [3.05, 3.63) is 35.9 Å². The summed E-state index contributed by atoms with van der Waals surface area (Å²) in [5.74, 6) is 2.85. The monoisotopic (exact) mass is 460 g/mol. The molecule has 4 N–H and O–H groups in total. The highest BCUT2D eigenvalue weighted by molar-refractivity contribution is 5.27. The molecule has 32 heavy (non-hydrogen) atoms. The zero-order valence-electron chi connectivity index (χ0n) is 20.0. The summed E-state index contributed by atoms with van der Waals surface area (Å²) < 4.78 is 52.5. The lowest BCUT2D eigenvalue weighted by molar-refractivity contribution is -0.479. The molecule has 0 radical (unpaired) electrons. The molecule has 5 unspecified atom stereocenters. The smallest absolute Gasteiger partial charge is 0.395 e. The molecule has 0 bridgehead atoms. The molecule has 0 amide bonds. The van der Waals surface area contributed by atoms with E-state index in [9.17, 15) is 10.2 Å². The van der Waals surface area contributed by atoms with Crippen molar-refractivity contribution >= 4 is 0 Å². The van der Waals surface area contributed by atoms with Gasteiger partial charge in [-0.2, -0.15) is 18.2 Å². The molecule has 1 aromatic carbocycles. The van der Waals surface area contributed by atoms with Gasteiger partial charge in [-0.3, -0.25) is 5.84 Å². The molecule has 1 aliphatic heterocycles. The number of aliphatic hydroxyl groups is 2. The summed E-state index contributed by atoms with van der Waals surface area (Å²) in [6.45, 7) is 7.30. The Morgan fingerprint density at radius 2 is 1.75 bits per heavy atom. The van der Waals surface area contributed by atoms with E-state index in [-0.39, 0.29) is 19.3 Å². The highest BCUT2D eigenvalue weighted by atomic mass is 19.4. The second-order valence-electron chi connectivity index (χ2n) is 9.52. The van der Waals surface area contributed by atoms with Gasteiger partial charge in [0, 0.05) is 18.6 Å². The molecule has 5 nitrogen and oxygen atoms in total. The minimum Gasteiger partial charge on any atom is -0.395 e. The third kappa shape index (κ3) is 3.25. The van der Waals surface area contributed by atoms with Gasteiger partial charge in [-0.15, -0.1) is 0 Å². The van der Waals surface area contributed by atoms with E-state index in [2.05, 4.69) is 0 Å². The fourth-order valence-corrected chi connectivity index (χ4v) is 7.23. The number of nitrogens with zero attached hydrogens (tertiary/aromatic N) is 1. The number of benzene rings is 1. The summed E-state index contributed by atoms with van der Waals surface area (Å²) in [5, 5.41) is 23.8. The maximum Gasteiger partial charge on any atom is 0.396 e. The molecule has 2 rings (SSSR count). The molecule has 1 saturated heterocycles. The largest absolute Gasteiger partial charge is 0.396 e. The molecule has 0 aromatic heterocycles. The van der Waals surface area contributed by atoms with Gasteiger partial charge in [-0.1, -0.05) is 64.4 Å². The molecule has 0 aliphatic carbocycles. The number of halogens is 3. The third-order valence-corrected chi connectivity index (χ3v) is 8.27. The molecule has 5 atom stereocenters. The standard InChI is InChI=1S/C24H39F3N2O3/c1-7-14-20(8-2)18(5)29(28)24(31,32-6)21(16-30,15-19-12-10-9-11-13-19)22(20,17(3)4)23(25,26)27/h9-13,17-18,30-31H,7-8,14-16,28H2,1-6H3. The van der Waals surface area contributed by atoms with Gasteiger partial charge in [0.1, 0.15) is 0 Å². The van der Waals surface area contributed by atoms with E-state index in [0.29, 0.717) is 12.0 Å². The minimum absolute atomic E-state index is 0.170. The Bertz CT molecular complexity index is 763. The van der Waals surface area contributed by atoms with E-state index in [1.807, 2.05) is 6.92 Å². The van der Waals surface area contributed by atoms with Crippen LogP contribution in [0.5, 0.6) is 0 Å². The average molecular weight is 461 g/mol. The van der Waals surface area contributed by atoms with Gasteiger partial charge in [0.05, 0.1) is 17.4 Å². The van der Waals surface area contributed by atoms with Crippen molar-refractivity contribution in [3.63, 3.8) is 0 Å². The minimum atomic E-state index is -4.77. The van der Waals surface area contributed by atoms with Gasteiger partial charge in [-0.05, 0) is 37.7 Å². The lowest BCUT2D eigenvalue weighted by Gasteiger charge is -2.73. The normalized spacial score (nSPS) is 36.6. The van der Waals surface area contributed by atoms with Crippen molar-refractivity contribution < 1.29 is 28.1 Å². The van der Waals surface area contributed by atoms with Crippen LogP contribution < -0.4 is 5.84 Å². The van der Waals surface area contributed by atoms with Crippen molar-refractivity contribution in [2.75, 3.05) is 13.7 Å². The maximum atomic E-state index is 15.7. The Kier molecular flexibility index (Phi) is 7.79. The Morgan fingerprint density at radius 3 is 2.12 bits per heavy atom. The Labute approximate surface area is 189 Å². The van der Waals surface area contributed by atoms with Crippen LogP contribution in [0, 0.1) is 22.2 Å². The van der Waals surface area contributed by atoms with Crippen LogP contribution in [-0.4, -0.2) is 47.1 Å². The van der Waals surface area contributed by atoms with E-state index < -0.39 is 46.9 Å². The number of alkyl halides is 3. The third-order valence-electron chi connectivity index (χ3n) is 8.27. The lowest BCUT2D eigenvalue weighted by atomic mass is 9.38. The maximum absolute atomic E-state index is 15.7. The number of hydrogen-bond acceptors (Lipinski definition) is 5. The summed E-state index contributed by atoms with van der Waals surface area (Å²) in [5.41, 5.74) is -5.54. The highest BCUT2D eigenvalue weighted by Gasteiger charge is 2.85. The lowest BCUT2D eigenvalue weighted by Crippen LogP contribution is -2.86. The zero-order chi connectivity index (χ0) is 24.6. The van der Waals surface area contributed by atoms with E-state index >= 15 is 13.2 Å². The van der Waals surface area contributed by atoms with Crippen LogP contribution in [0.4, 0.5) is 13.2 Å². The zero-order valence-corrected chi connectivity index (χ0v) is 20.0. The van der Waals surface area contributed by atoms with Crippen LogP contribution in [0.15, 0.2) is 30.3 Å². The van der Waals surface area contributed by atoms with Gasteiger partial charge in [0.25, 0.3) is 0 Å².